The first-order chi connectivity index (χ1) is 10.4. The van der Waals surface area contributed by atoms with Crippen molar-refractivity contribution < 1.29 is 4.74 Å². The molecule has 0 spiro atoms. The number of nitrogens with zero attached hydrogens (tertiary/aromatic N) is 3. The smallest absolute Gasteiger partial charge is 0.228 e. The Labute approximate surface area is 121 Å². The zero-order chi connectivity index (χ0) is 14.5. The minimum atomic E-state index is 0.468. The summed E-state index contributed by atoms with van der Waals surface area (Å²) in [4.78, 5) is 11.2. The third-order valence-corrected chi connectivity index (χ3v) is 3.10. The van der Waals surface area contributed by atoms with Gasteiger partial charge in [0, 0.05) is 12.6 Å². The summed E-state index contributed by atoms with van der Waals surface area (Å²) >= 11 is 0. The van der Waals surface area contributed by atoms with Gasteiger partial charge in [0.2, 0.25) is 5.88 Å². The highest BCUT2D eigenvalue weighted by Gasteiger charge is 2.12. The van der Waals surface area contributed by atoms with Gasteiger partial charge in [0.05, 0.1) is 12.3 Å². The van der Waals surface area contributed by atoms with Crippen LogP contribution in [-0.2, 0) is 6.42 Å². The number of anilines is 1. The van der Waals surface area contributed by atoms with Crippen LogP contribution in [0.5, 0.6) is 5.88 Å². The van der Waals surface area contributed by atoms with E-state index in [1.54, 1.807) is 6.20 Å². The summed E-state index contributed by atoms with van der Waals surface area (Å²) in [5, 5.41) is 12.0. The number of fused-ring (bicyclic) bond motifs is 1. The molecule has 0 saturated carbocycles. The summed E-state index contributed by atoms with van der Waals surface area (Å²) < 4.78 is 5.75. The van der Waals surface area contributed by atoms with Crippen LogP contribution in [0, 0.1) is 11.5 Å². The van der Waals surface area contributed by atoms with Gasteiger partial charge in [-0.3, -0.25) is 5.32 Å². The summed E-state index contributed by atoms with van der Waals surface area (Å²) in [5.74, 6) is 0.468. The van der Waals surface area contributed by atoms with Crippen molar-refractivity contribution in [1.82, 2.24) is 15.0 Å². The standard InChI is InChI=1S/C15H13N5O/c16-9-18-12-8-17-14-13(12)15(20-10-19-14)21-7-6-11-4-2-1-3-5-11/h1-5,8,10,18H,6-7H2,(H,17,19,20). The second kappa shape index (κ2) is 5.92. The highest BCUT2D eigenvalue weighted by Crippen LogP contribution is 2.28. The third kappa shape index (κ3) is 2.77. The molecule has 0 saturated heterocycles. The maximum Gasteiger partial charge on any atom is 0.228 e. The molecule has 104 valence electrons. The van der Waals surface area contributed by atoms with Crippen LogP contribution in [0.15, 0.2) is 42.9 Å². The van der Waals surface area contributed by atoms with E-state index in [-0.39, 0.29) is 0 Å². The number of rotatable bonds is 5. The van der Waals surface area contributed by atoms with Gasteiger partial charge in [-0.15, -0.1) is 0 Å². The van der Waals surface area contributed by atoms with Crippen LogP contribution in [0.4, 0.5) is 5.69 Å². The van der Waals surface area contributed by atoms with E-state index in [0.717, 1.165) is 6.42 Å². The fourth-order valence-electron chi connectivity index (χ4n) is 2.11. The summed E-state index contributed by atoms with van der Waals surface area (Å²) in [6.45, 7) is 0.507. The number of hydrogen-bond donors (Lipinski definition) is 2. The van der Waals surface area contributed by atoms with Crippen LogP contribution in [0.3, 0.4) is 0 Å². The Morgan fingerprint density at radius 3 is 2.90 bits per heavy atom. The van der Waals surface area contributed by atoms with E-state index in [1.165, 1.54) is 11.9 Å². The second-order valence-corrected chi connectivity index (χ2v) is 4.43. The van der Waals surface area contributed by atoms with Crippen molar-refractivity contribution in [2.75, 3.05) is 11.9 Å². The Hall–Kier alpha value is -3.07. The van der Waals surface area contributed by atoms with Crippen molar-refractivity contribution in [3.63, 3.8) is 0 Å². The molecule has 3 rings (SSSR count). The zero-order valence-corrected chi connectivity index (χ0v) is 11.2. The number of nitrogens with one attached hydrogen (secondary N) is 2. The molecule has 3 aromatic rings. The molecular weight excluding hydrogens is 266 g/mol. The van der Waals surface area contributed by atoms with Crippen LogP contribution in [0.2, 0.25) is 0 Å². The third-order valence-electron chi connectivity index (χ3n) is 3.10. The first kappa shape index (κ1) is 12.9. The first-order valence-electron chi connectivity index (χ1n) is 6.52. The van der Waals surface area contributed by atoms with Gasteiger partial charge in [0.1, 0.15) is 17.4 Å². The van der Waals surface area contributed by atoms with Crippen molar-refractivity contribution >= 4 is 16.7 Å². The van der Waals surface area contributed by atoms with Crippen LogP contribution < -0.4 is 10.1 Å². The molecule has 6 heteroatoms. The molecule has 2 heterocycles. The fourth-order valence-corrected chi connectivity index (χ4v) is 2.11. The van der Waals surface area contributed by atoms with Gasteiger partial charge < -0.3 is 9.72 Å². The number of aromatic nitrogens is 3. The molecule has 0 fully saturated rings. The average molecular weight is 279 g/mol. The quantitative estimate of drug-likeness (QED) is 0.553. The van der Waals surface area contributed by atoms with E-state index in [4.69, 9.17) is 10.00 Å². The van der Waals surface area contributed by atoms with Gasteiger partial charge >= 0.3 is 0 Å². The van der Waals surface area contributed by atoms with Crippen molar-refractivity contribution in [2.24, 2.45) is 0 Å². The van der Waals surface area contributed by atoms with Crippen molar-refractivity contribution in [2.45, 2.75) is 6.42 Å². The number of benzene rings is 1. The Balaban J connectivity index is 1.77. The Morgan fingerprint density at radius 1 is 1.24 bits per heavy atom. The predicted octanol–water partition coefficient (Wildman–Crippen LogP) is 2.47. The predicted molar refractivity (Wildman–Crippen MR) is 78.8 cm³/mol. The summed E-state index contributed by atoms with van der Waals surface area (Å²) in [7, 11) is 0. The summed E-state index contributed by atoms with van der Waals surface area (Å²) in [5.41, 5.74) is 2.45. The zero-order valence-electron chi connectivity index (χ0n) is 11.2. The molecule has 0 aliphatic rings. The molecule has 6 nitrogen and oxygen atoms in total. The van der Waals surface area contributed by atoms with E-state index < -0.39 is 0 Å². The highest BCUT2D eigenvalue weighted by atomic mass is 16.5. The summed E-state index contributed by atoms with van der Waals surface area (Å²) in [6, 6.07) is 10.1. The van der Waals surface area contributed by atoms with Crippen LogP contribution in [0.1, 0.15) is 5.56 Å². The van der Waals surface area contributed by atoms with E-state index >= 15 is 0 Å². The molecule has 0 atom stereocenters. The molecule has 0 amide bonds. The maximum atomic E-state index is 8.76. The lowest BCUT2D eigenvalue weighted by molar-refractivity contribution is 0.313. The van der Waals surface area contributed by atoms with Crippen molar-refractivity contribution in [1.29, 1.82) is 5.26 Å². The molecular formula is C15H13N5O. The molecule has 1 aromatic carbocycles. The normalized spacial score (nSPS) is 10.2. The van der Waals surface area contributed by atoms with E-state index in [2.05, 4.69) is 32.4 Å². The maximum absolute atomic E-state index is 8.76. The van der Waals surface area contributed by atoms with E-state index in [0.29, 0.717) is 29.2 Å². The van der Waals surface area contributed by atoms with Crippen molar-refractivity contribution in [3.05, 3.63) is 48.4 Å². The van der Waals surface area contributed by atoms with Crippen molar-refractivity contribution in [3.8, 4) is 12.1 Å². The van der Waals surface area contributed by atoms with Gasteiger partial charge in [-0.05, 0) is 5.56 Å². The van der Waals surface area contributed by atoms with Crippen LogP contribution >= 0.6 is 0 Å². The molecule has 0 aliphatic carbocycles. The second-order valence-electron chi connectivity index (χ2n) is 4.43. The Morgan fingerprint density at radius 2 is 2.10 bits per heavy atom. The van der Waals surface area contributed by atoms with E-state index in [9.17, 15) is 0 Å². The van der Waals surface area contributed by atoms with Gasteiger partial charge in [0.25, 0.3) is 0 Å². The van der Waals surface area contributed by atoms with E-state index in [1.807, 2.05) is 24.4 Å². The SMILES string of the molecule is N#CNc1c[nH]c2ncnc(OCCc3ccccc3)c12. The monoisotopic (exact) mass is 279 g/mol. The Bertz CT molecular complexity index is 776. The number of H-pyrrole nitrogens is 1. The highest BCUT2D eigenvalue weighted by molar-refractivity contribution is 5.94. The van der Waals surface area contributed by atoms with Gasteiger partial charge in [-0.2, -0.15) is 5.26 Å². The molecule has 2 N–H and O–H groups in total. The molecule has 0 bridgehead atoms. The number of aromatic amines is 1. The molecule has 0 radical (unpaired) electrons. The largest absolute Gasteiger partial charge is 0.477 e. The minimum absolute atomic E-state index is 0.468. The minimum Gasteiger partial charge on any atom is -0.477 e. The molecule has 21 heavy (non-hydrogen) atoms. The van der Waals surface area contributed by atoms with Crippen LogP contribution in [-0.4, -0.2) is 21.6 Å². The average Bonchev–Trinajstić information content (AvgIpc) is 2.93. The lowest BCUT2D eigenvalue weighted by Gasteiger charge is -2.07. The van der Waals surface area contributed by atoms with Crippen LogP contribution in [0.25, 0.3) is 11.0 Å². The molecule has 0 aliphatic heterocycles. The number of hydrogen-bond acceptors (Lipinski definition) is 5. The van der Waals surface area contributed by atoms with Gasteiger partial charge in [-0.1, -0.05) is 30.3 Å². The number of ether oxygens (including phenoxy) is 1. The Kier molecular flexibility index (Phi) is 3.65. The number of nitriles is 1. The summed E-state index contributed by atoms with van der Waals surface area (Å²) in [6.07, 6.45) is 5.79. The molecule has 2 aromatic heterocycles. The fraction of sp³-hybridized carbons (Fsp3) is 0.133. The topological polar surface area (TPSA) is 86.6 Å². The van der Waals surface area contributed by atoms with Gasteiger partial charge in [-0.25, -0.2) is 9.97 Å². The van der Waals surface area contributed by atoms with Gasteiger partial charge in [0.15, 0.2) is 6.19 Å². The molecule has 0 unspecified atom stereocenters. The lowest BCUT2D eigenvalue weighted by atomic mass is 10.2. The first-order valence-corrected chi connectivity index (χ1v) is 6.52. The lowest BCUT2D eigenvalue weighted by Crippen LogP contribution is -2.03.